The Bertz CT molecular complexity index is 1540. The quantitative estimate of drug-likeness (QED) is 0.393. The fraction of sp³-hybridized carbons (Fsp3) is 0.208. The zero-order valence-electron chi connectivity index (χ0n) is 17.9. The van der Waals surface area contributed by atoms with Gasteiger partial charge in [-0.25, -0.2) is 13.4 Å². The number of sulfonamides is 1. The lowest BCUT2D eigenvalue weighted by Crippen LogP contribution is -2.30. The van der Waals surface area contributed by atoms with Crippen molar-refractivity contribution in [3.63, 3.8) is 0 Å². The molecule has 5 rings (SSSR count). The number of benzene rings is 2. The molecule has 0 amide bonds. The number of Topliss-reactive ketones (excluding diaryl/α,β-unsaturated/α-hetero) is 1. The van der Waals surface area contributed by atoms with Crippen LogP contribution in [0.4, 0.5) is 5.69 Å². The number of thiophene rings is 1. The van der Waals surface area contributed by atoms with Gasteiger partial charge in [0.15, 0.2) is 5.78 Å². The minimum atomic E-state index is -3.34. The second kappa shape index (κ2) is 8.24. The van der Waals surface area contributed by atoms with Crippen LogP contribution >= 0.6 is 11.3 Å². The van der Waals surface area contributed by atoms with Crippen LogP contribution in [0.15, 0.2) is 65.7 Å². The molecule has 0 saturated carbocycles. The van der Waals surface area contributed by atoms with Gasteiger partial charge in [-0.2, -0.15) is 0 Å². The van der Waals surface area contributed by atoms with Gasteiger partial charge in [-0.3, -0.25) is 18.5 Å². The average Bonchev–Trinajstić information content (AvgIpc) is 3.46. The normalized spacial score (nSPS) is 13.4. The van der Waals surface area contributed by atoms with Crippen LogP contribution in [0.2, 0.25) is 0 Å². The van der Waals surface area contributed by atoms with Gasteiger partial charge < -0.3 is 0 Å². The largest absolute Gasteiger partial charge is 0.292 e. The van der Waals surface area contributed by atoms with Gasteiger partial charge in [-0.1, -0.05) is 30.3 Å². The number of rotatable bonds is 6. The molecule has 1 aliphatic heterocycles. The number of hydrogen-bond donors (Lipinski definition) is 0. The molecular weight excluding hydrogens is 458 g/mol. The Morgan fingerprint density at radius 2 is 1.91 bits per heavy atom. The van der Waals surface area contributed by atoms with Crippen molar-refractivity contribution in [3.05, 3.63) is 82.4 Å². The van der Waals surface area contributed by atoms with Crippen molar-refractivity contribution in [2.75, 3.05) is 16.6 Å². The lowest BCUT2D eigenvalue weighted by molar-refractivity contribution is 0.0970. The van der Waals surface area contributed by atoms with Gasteiger partial charge in [0.05, 0.1) is 29.8 Å². The summed E-state index contributed by atoms with van der Waals surface area (Å²) in [5.74, 6) is -0.196. The summed E-state index contributed by atoms with van der Waals surface area (Å²) in [6.07, 6.45) is 1.97. The highest BCUT2D eigenvalue weighted by atomic mass is 32.2. The van der Waals surface area contributed by atoms with Crippen molar-refractivity contribution >= 4 is 43.0 Å². The molecule has 0 unspecified atom stereocenters. The zero-order valence-corrected chi connectivity index (χ0v) is 19.5. The van der Waals surface area contributed by atoms with Gasteiger partial charge in [0.2, 0.25) is 10.0 Å². The number of nitrogens with zero attached hydrogens (tertiary/aromatic N) is 3. The minimum Gasteiger partial charge on any atom is -0.292 e. The minimum absolute atomic E-state index is 0.0280. The molecule has 0 fully saturated rings. The molecule has 0 radical (unpaired) electrons. The van der Waals surface area contributed by atoms with E-state index in [9.17, 15) is 18.0 Å². The molecule has 7 nitrogen and oxygen atoms in total. The van der Waals surface area contributed by atoms with E-state index in [-0.39, 0.29) is 23.6 Å². The summed E-state index contributed by atoms with van der Waals surface area (Å²) in [4.78, 5) is 31.3. The first kappa shape index (κ1) is 21.5. The van der Waals surface area contributed by atoms with Crippen molar-refractivity contribution in [1.82, 2.24) is 9.55 Å². The van der Waals surface area contributed by atoms with E-state index >= 15 is 0 Å². The number of ketones is 1. The molecule has 9 heteroatoms. The Morgan fingerprint density at radius 3 is 2.67 bits per heavy atom. The first-order valence-corrected chi connectivity index (χ1v) is 13.0. The molecule has 0 saturated heterocycles. The summed E-state index contributed by atoms with van der Waals surface area (Å²) in [5, 5.41) is 0. The van der Waals surface area contributed by atoms with E-state index < -0.39 is 10.0 Å². The highest BCUT2D eigenvalue weighted by molar-refractivity contribution is 7.92. The lowest BCUT2D eigenvalue weighted by Gasteiger charge is -2.18. The fourth-order valence-corrected chi connectivity index (χ4v) is 6.26. The van der Waals surface area contributed by atoms with E-state index in [1.165, 1.54) is 26.5 Å². The molecule has 0 spiro atoms. The van der Waals surface area contributed by atoms with Gasteiger partial charge in [-0.05, 0) is 48.7 Å². The Balaban J connectivity index is 1.42. The number of hydrogen-bond acceptors (Lipinski definition) is 6. The number of carbonyl (C=O) groups is 1. The first-order chi connectivity index (χ1) is 15.9. The Labute approximate surface area is 195 Å². The summed E-state index contributed by atoms with van der Waals surface area (Å²) < 4.78 is 27.8. The van der Waals surface area contributed by atoms with Crippen LogP contribution in [0.25, 0.3) is 20.7 Å². The highest BCUT2D eigenvalue weighted by Gasteiger charge is 2.28. The summed E-state index contributed by atoms with van der Waals surface area (Å²) in [6, 6.07) is 16.7. The van der Waals surface area contributed by atoms with Crippen molar-refractivity contribution in [3.8, 4) is 10.4 Å². The molecule has 33 heavy (non-hydrogen) atoms. The SMILES string of the molecule is CCS(=O)(=O)N1CCc2cc(C(=O)Cn3cnc4cc(-c5ccccc5)sc4c3=O)ccc21. The molecule has 0 N–H and O–H groups in total. The molecule has 4 aromatic rings. The summed E-state index contributed by atoms with van der Waals surface area (Å²) >= 11 is 1.37. The number of carbonyl (C=O) groups excluding carboxylic acids is 1. The number of fused-ring (bicyclic) bond motifs is 2. The third kappa shape index (κ3) is 3.87. The van der Waals surface area contributed by atoms with Crippen LogP contribution in [0.3, 0.4) is 0 Å². The molecule has 2 aromatic carbocycles. The predicted octanol–water partition coefficient (Wildman–Crippen LogP) is 3.72. The molecule has 0 bridgehead atoms. The lowest BCUT2D eigenvalue weighted by atomic mass is 10.1. The van der Waals surface area contributed by atoms with Crippen molar-refractivity contribution in [1.29, 1.82) is 0 Å². The molecule has 168 valence electrons. The molecular formula is C24H21N3O4S2. The molecule has 2 aromatic heterocycles. The smallest absolute Gasteiger partial charge is 0.271 e. The van der Waals surface area contributed by atoms with Crippen molar-refractivity contribution in [2.24, 2.45) is 0 Å². The van der Waals surface area contributed by atoms with Crippen molar-refractivity contribution in [2.45, 2.75) is 19.9 Å². The molecule has 0 atom stereocenters. The van der Waals surface area contributed by atoms with E-state index in [4.69, 9.17) is 0 Å². The van der Waals surface area contributed by atoms with E-state index in [1.807, 2.05) is 36.4 Å². The summed E-state index contributed by atoms with van der Waals surface area (Å²) in [5.41, 5.74) is 3.28. The Kier molecular flexibility index (Phi) is 5.38. The van der Waals surface area contributed by atoms with Crippen molar-refractivity contribution < 1.29 is 13.2 Å². The van der Waals surface area contributed by atoms with Gasteiger partial charge in [0, 0.05) is 17.0 Å². The number of aromatic nitrogens is 2. The van der Waals surface area contributed by atoms with Crippen LogP contribution in [0.1, 0.15) is 22.8 Å². The predicted molar refractivity (Wildman–Crippen MR) is 131 cm³/mol. The van der Waals surface area contributed by atoms with E-state index in [1.54, 1.807) is 25.1 Å². The third-order valence-corrected chi connectivity index (χ3v) is 8.77. The van der Waals surface area contributed by atoms with Gasteiger partial charge in [-0.15, -0.1) is 11.3 Å². The molecule has 3 heterocycles. The topological polar surface area (TPSA) is 89.3 Å². The van der Waals surface area contributed by atoms with E-state index in [0.29, 0.717) is 34.4 Å². The maximum absolute atomic E-state index is 13.0. The van der Waals surface area contributed by atoms with Crippen LogP contribution in [0, 0.1) is 0 Å². The third-order valence-electron chi connectivity index (χ3n) is 5.83. The highest BCUT2D eigenvalue weighted by Crippen LogP contribution is 2.32. The van der Waals surface area contributed by atoms with E-state index in [0.717, 1.165) is 16.0 Å². The standard InChI is InChI=1S/C24H21N3O4S2/c1-2-33(30,31)27-11-10-17-12-18(8-9-20(17)27)21(28)14-26-15-25-19-13-22(32-23(19)24(26)29)16-6-4-3-5-7-16/h3-9,12-13,15H,2,10-11,14H2,1H3. The van der Waals surface area contributed by atoms with Crippen LogP contribution in [-0.2, 0) is 23.0 Å². The monoisotopic (exact) mass is 479 g/mol. The van der Waals surface area contributed by atoms with Gasteiger partial charge in [0.25, 0.3) is 5.56 Å². The number of anilines is 1. The second-order valence-electron chi connectivity index (χ2n) is 7.86. The van der Waals surface area contributed by atoms with Gasteiger partial charge >= 0.3 is 0 Å². The Hall–Kier alpha value is -3.30. The van der Waals surface area contributed by atoms with Crippen LogP contribution in [0.5, 0.6) is 0 Å². The second-order valence-corrected chi connectivity index (χ2v) is 11.1. The maximum atomic E-state index is 13.0. The molecule has 0 aliphatic carbocycles. The Morgan fingerprint density at radius 1 is 1.12 bits per heavy atom. The maximum Gasteiger partial charge on any atom is 0.271 e. The zero-order chi connectivity index (χ0) is 23.2. The van der Waals surface area contributed by atoms with Gasteiger partial charge in [0.1, 0.15) is 4.70 Å². The first-order valence-electron chi connectivity index (χ1n) is 10.6. The summed E-state index contributed by atoms with van der Waals surface area (Å²) in [7, 11) is -3.34. The fourth-order valence-electron chi connectivity index (χ4n) is 4.04. The summed E-state index contributed by atoms with van der Waals surface area (Å²) in [6.45, 7) is 1.87. The molecule has 1 aliphatic rings. The van der Waals surface area contributed by atoms with Crippen LogP contribution in [-0.4, -0.2) is 36.0 Å². The average molecular weight is 480 g/mol. The van der Waals surface area contributed by atoms with Crippen LogP contribution < -0.4 is 9.86 Å². The van der Waals surface area contributed by atoms with E-state index in [2.05, 4.69) is 4.98 Å².